The summed E-state index contributed by atoms with van der Waals surface area (Å²) in [4.78, 5) is 4.87. The number of hydrogen-bond acceptors (Lipinski definition) is 2. The number of nitrogens with one attached hydrogen (secondary N) is 1. The number of benzene rings is 2. The molecular weight excluding hydrogens is 268 g/mol. The van der Waals surface area contributed by atoms with Gasteiger partial charge >= 0.3 is 0 Å². The van der Waals surface area contributed by atoms with Gasteiger partial charge in [-0.1, -0.05) is 29.3 Å². The van der Waals surface area contributed by atoms with Crippen molar-refractivity contribution in [2.45, 2.75) is 33.1 Å². The third-order valence-electron chi connectivity index (χ3n) is 4.49. The Morgan fingerprint density at radius 1 is 0.909 bits per heavy atom. The molecule has 1 aliphatic rings. The fourth-order valence-corrected chi connectivity index (χ4v) is 3.30. The Kier molecular flexibility index (Phi) is 3.11. The number of hydrogen-bond donors (Lipinski definition) is 1. The van der Waals surface area contributed by atoms with Crippen molar-refractivity contribution in [3.05, 3.63) is 64.8 Å². The number of rotatable bonds is 2. The lowest BCUT2D eigenvalue weighted by atomic mass is 10.0. The van der Waals surface area contributed by atoms with Crippen LogP contribution in [0.3, 0.4) is 0 Å². The van der Waals surface area contributed by atoms with Crippen LogP contribution in [0.2, 0.25) is 0 Å². The van der Waals surface area contributed by atoms with Gasteiger partial charge < -0.3 is 5.32 Å². The van der Waals surface area contributed by atoms with Crippen LogP contribution in [0.15, 0.2) is 42.5 Å². The number of nitrogens with zero attached hydrogens (tertiary/aromatic N) is 1. The Morgan fingerprint density at radius 3 is 2.50 bits per heavy atom. The van der Waals surface area contributed by atoms with Gasteiger partial charge in [0.25, 0.3) is 0 Å². The number of aryl methyl sites for hydroxylation is 3. The van der Waals surface area contributed by atoms with Gasteiger partial charge in [0.1, 0.15) is 0 Å². The highest BCUT2D eigenvalue weighted by molar-refractivity contribution is 5.96. The molecule has 0 radical (unpaired) electrons. The number of pyridine rings is 1. The largest absolute Gasteiger partial charge is 0.355 e. The summed E-state index contributed by atoms with van der Waals surface area (Å²) in [6, 6.07) is 15.1. The Labute approximate surface area is 131 Å². The van der Waals surface area contributed by atoms with Crippen molar-refractivity contribution in [1.29, 1.82) is 0 Å². The van der Waals surface area contributed by atoms with E-state index in [0.29, 0.717) is 0 Å². The lowest BCUT2D eigenvalue weighted by Gasteiger charge is -2.15. The van der Waals surface area contributed by atoms with Gasteiger partial charge in [-0.3, -0.25) is 4.98 Å². The molecule has 1 aromatic heterocycles. The maximum absolute atomic E-state index is 4.87. The standard InChI is InChI=1S/C20H20N2/c1-13-6-9-15(10-7-13)21-20-16-4-3-5-18(16)22-19-11-8-14(2)12-17(19)20/h6-12H,3-5H2,1-2H3,(H,21,22). The van der Waals surface area contributed by atoms with E-state index < -0.39 is 0 Å². The maximum Gasteiger partial charge on any atom is 0.0726 e. The molecule has 0 spiro atoms. The van der Waals surface area contributed by atoms with Crippen LogP contribution in [0.1, 0.15) is 28.8 Å². The number of aromatic nitrogens is 1. The van der Waals surface area contributed by atoms with Gasteiger partial charge in [-0.2, -0.15) is 0 Å². The first-order valence-corrected chi connectivity index (χ1v) is 7.96. The van der Waals surface area contributed by atoms with Crippen LogP contribution in [0.4, 0.5) is 11.4 Å². The van der Waals surface area contributed by atoms with Gasteiger partial charge in [0.05, 0.1) is 11.2 Å². The topological polar surface area (TPSA) is 24.9 Å². The first kappa shape index (κ1) is 13.3. The molecule has 0 bridgehead atoms. The Bertz CT molecular complexity index is 848. The zero-order chi connectivity index (χ0) is 15.1. The van der Waals surface area contributed by atoms with Gasteiger partial charge in [0.2, 0.25) is 0 Å². The molecule has 4 rings (SSSR count). The quantitative estimate of drug-likeness (QED) is 0.711. The highest BCUT2D eigenvalue weighted by Crippen LogP contribution is 2.36. The second-order valence-corrected chi connectivity index (χ2v) is 6.28. The van der Waals surface area contributed by atoms with Crippen molar-refractivity contribution in [3.8, 4) is 0 Å². The van der Waals surface area contributed by atoms with Crippen LogP contribution in [0.5, 0.6) is 0 Å². The summed E-state index contributed by atoms with van der Waals surface area (Å²) in [5, 5.41) is 4.90. The van der Waals surface area contributed by atoms with E-state index in [1.807, 2.05) is 0 Å². The Balaban J connectivity index is 1.90. The molecule has 2 aromatic carbocycles. The maximum atomic E-state index is 4.87. The highest BCUT2D eigenvalue weighted by Gasteiger charge is 2.19. The van der Waals surface area contributed by atoms with Crippen molar-refractivity contribution in [2.75, 3.05) is 5.32 Å². The molecule has 2 nitrogen and oxygen atoms in total. The third-order valence-corrected chi connectivity index (χ3v) is 4.49. The van der Waals surface area contributed by atoms with Gasteiger partial charge in [-0.25, -0.2) is 0 Å². The second-order valence-electron chi connectivity index (χ2n) is 6.28. The highest BCUT2D eigenvalue weighted by atomic mass is 14.9. The van der Waals surface area contributed by atoms with Crippen molar-refractivity contribution >= 4 is 22.3 Å². The summed E-state index contributed by atoms with van der Waals surface area (Å²) in [7, 11) is 0. The van der Waals surface area contributed by atoms with Crippen LogP contribution in [-0.2, 0) is 12.8 Å². The van der Waals surface area contributed by atoms with E-state index in [1.165, 1.54) is 39.9 Å². The molecule has 1 aliphatic carbocycles. The summed E-state index contributed by atoms with van der Waals surface area (Å²) < 4.78 is 0. The lowest BCUT2D eigenvalue weighted by molar-refractivity contribution is 0.901. The molecular formula is C20H20N2. The van der Waals surface area contributed by atoms with E-state index in [1.54, 1.807) is 0 Å². The van der Waals surface area contributed by atoms with E-state index in [2.05, 4.69) is 61.6 Å². The molecule has 0 fully saturated rings. The van der Waals surface area contributed by atoms with Crippen LogP contribution in [0, 0.1) is 13.8 Å². The number of fused-ring (bicyclic) bond motifs is 2. The molecule has 0 saturated carbocycles. The molecule has 110 valence electrons. The van der Waals surface area contributed by atoms with Crippen molar-refractivity contribution in [2.24, 2.45) is 0 Å². The monoisotopic (exact) mass is 288 g/mol. The van der Waals surface area contributed by atoms with Crippen molar-refractivity contribution < 1.29 is 0 Å². The van der Waals surface area contributed by atoms with Crippen molar-refractivity contribution in [1.82, 2.24) is 4.98 Å². The average Bonchev–Trinajstić information content (AvgIpc) is 2.98. The van der Waals surface area contributed by atoms with Crippen LogP contribution in [0.25, 0.3) is 10.9 Å². The normalized spacial score (nSPS) is 13.4. The summed E-state index contributed by atoms with van der Waals surface area (Å²) in [5.74, 6) is 0. The molecule has 0 unspecified atom stereocenters. The second kappa shape index (κ2) is 5.13. The molecule has 2 heteroatoms. The summed E-state index contributed by atoms with van der Waals surface area (Å²) >= 11 is 0. The predicted molar refractivity (Wildman–Crippen MR) is 93.0 cm³/mol. The Morgan fingerprint density at radius 2 is 1.68 bits per heavy atom. The fourth-order valence-electron chi connectivity index (χ4n) is 3.30. The third kappa shape index (κ3) is 2.25. The van der Waals surface area contributed by atoms with Crippen LogP contribution in [-0.4, -0.2) is 4.98 Å². The molecule has 22 heavy (non-hydrogen) atoms. The van der Waals surface area contributed by atoms with Crippen LogP contribution < -0.4 is 5.32 Å². The summed E-state index contributed by atoms with van der Waals surface area (Å²) in [6.45, 7) is 4.26. The molecule has 1 heterocycles. The SMILES string of the molecule is Cc1ccc(Nc2c3c(nc4ccc(C)cc24)CCC3)cc1. The predicted octanol–water partition coefficient (Wildman–Crippen LogP) is 5.08. The summed E-state index contributed by atoms with van der Waals surface area (Å²) in [6.07, 6.45) is 3.43. The lowest BCUT2D eigenvalue weighted by Crippen LogP contribution is -2.00. The van der Waals surface area contributed by atoms with Gasteiger partial charge in [0, 0.05) is 16.8 Å². The molecule has 1 N–H and O–H groups in total. The van der Waals surface area contributed by atoms with E-state index >= 15 is 0 Å². The average molecular weight is 288 g/mol. The van der Waals surface area contributed by atoms with E-state index in [0.717, 1.165) is 24.0 Å². The van der Waals surface area contributed by atoms with E-state index in [-0.39, 0.29) is 0 Å². The first-order chi connectivity index (χ1) is 10.7. The minimum absolute atomic E-state index is 1.10. The molecule has 0 amide bonds. The number of anilines is 2. The first-order valence-electron chi connectivity index (χ1n) is 7.96. The fraction of sp³-hybridized carbons (Fsp3) is 0.250. The van der Waals surface area contributed by atoms with Gasteiger partial charge in [-0.05, 0) is 62.9 Å². The van der Waals surface area contributed by atoms with Gasteiger partial charge in [-0.15, -0.1) is 0 Å². The van der Waals surface area contributed by atoms with Crippen molar-refractivity contribution in [3.63, 3.8) is 0 Å². The van der Waals surface area contributed by atoms with Gasteiger partial charge in [0.15, 0.2) is 0 Å². The summed E-state index contributed by atoms with van der Waals surface area (Å²) in [5.41, 5.74) is 8.73. The molecule has 0 aliphatic heterocycles. The smallest absolute Gasteiger partial charge is 0.0726 e. The zero-order valence-electron chi connectivity index (χ0n) is 13.1. The molecule has 0 atom stereocenters. The zero-order valence-corrected chi connectivity index (χ0v) is 13.1. The minimum atomic E-state index is 1.10. The van der Waals surface area contributed by atoms with E-state index in [9.17, 15) is 0 Å². The van der Waals surface area contributed by atoms with E-state index in [4.69, 9.17) is 4.98 Å². The Hall–Kier alpha value is -2.35. The minimum Gasteiger partial charge on any atom is -0.355 e. The molecule has 3 aromatic rings. The molecule has 0 saturated heterocycles. The van der Waals surface area contributed by atoms with Crippen LogP contribution >= 0.6 is 0 Å².